The highest BCUT2D eigenvalue weighted by atomic mass is 16.5. The largest absolute Gasteiger partial charge is 0.493 e. The Bertz CT molecular complexity index is 1300. The molecule has 0 aliphatic carbocycles. The van der Waals surface area contributed by atoms with Gasteiger partial charge in [-0.2, -0.15) is 10.2 Å². The lowest BCUT2D eigenvalue weighted by Crippen LogP contribution is -1.98. The molecule has 0 saturated carbocycles. The molecule has 2 N–H and O–H groups in total. The van der Waals surface area contributed by atoms with Crippen molar-refractivity contribution in [3.63, 3.8) is 0 Å². The molecule has 0 bridgehead atoms. The third-order valence-electron chi connectivity index (χ3n) is 4.93. The zero-order valence-corrected chi connectivity index (χ0v) is 18.1. The smallest absolute Gasteiger partial charge is 0.335 e. The Morgan fingerprint density at radius 1 is 1.00 bits per heavy atom. The first-order chi connectivity index (χ1) is 16.1. The van der Waals surface area contributed by atoms with E-state index in [0.717, 1.165) is 16.8 Å². The minimum atomic E-state index is -0.998. The van der Waals surface area contributed by atoms with Crippen LogP contribution in [0.3, 0.4) is 0 Å². The van der Waals surface area contributed by atoms with E-state index in [0.29, 0.717) is 22.9 Å². The highest BCUT2D eigenvalue weighted by Gasteiger charge is 2.14. The molecule has 0 aliphatic rings. The summed E-state index contributed by atoms with van der Waals surface area (Å²) in [6.07, 6.45) is 3.52. The number of carbonyl (C=O) groups is 1. The van der Waals surface area contributed by atoms with Crippen LogP contribution >= 0.6 is 0 Å². The van der Waals surface area contributed by atoms with Gasteiger partial charge in [-0.1, -0.05) is 24.3 Å². The molecule has 0 saturated heterocycles. The van der Waals surface area contributed by atoms with Crippen LogP contribution in [0.1, 0.15) is 15.9 Å². The van der Waals surface area contributed by atoms with Gasteiger partial charge in [-0.3, -0.25) is 5.43 Å². The predicted molar refractivity (Wildman–Crippen MR) is 127 cm³/mol. The maximum Gasteiger partial charge on any atom is 0.335 e. The van der Waals surface area contributed by atoms with Gasteiger partial charge in [0.15, 0.2) is 11.5 Å². The second-order valence-corrected chi connectivity index (χ2v) is 7.04. The molecule has 0 radical (unpaired) electrons. The van der Waals surface area contributed by atoms with Crippen LogP contribution in [0, 0.1) is 0 Å². The summed E-state index contributed by atoms with van der Waals surface area (Å²) in [6, 6.07) is 21.8. The molecule has 4 aromatic rings. The van der Waals surface area contributed by atoms with E-state index in [2.05, 4.69) is 10.5 Å². The van der Waals surface area contributed by atoms with Crippen molar-refractivity contribution in [1.82, 2.24) is 9.78 Å². The minimum absolute atomic E-state index is 0.179. The number of para-hydroxylation sites is 1. The molecule has 0 fully saturated rings. The fraction of sp³-hybridized carbons (Fsp3) is 0.0800. The van der Waals surface area contributed by atoms with E-state index in [-0.39, 0.29) is 5.56 Å². The number of nitrogens with one attached hydrogen (secondary N) is 1. The SMILES string of the molecule is COc1ccc(-c2nn(-c3ccccc3)cc2/C=N\Nc2cccc(C(=O)O)c2)cc1OC. The minimum Gasteiger partial charge on any atom is -0.493 e. The number of hydrogen-bond donors (Lipinski definition) is 2. The van der Waals surface area contributed by atoms with Gasteiger partial charge in [0.2, 0.25) is 0 Å². The summed E-state index contributed by atoms with van der Waals surface area (Å²) in [5, 5.41) is 18.2. The highest BCUT2D eigenvalue weighted by Crippen LogP contribution is 2.33. The van der Waals surface area contributed by atoms with Gasteiger partial charge in [0.05, 0.1) is 37.4 Å². The third kappa shape index (κ3) is 4.85. The van der Waals surface area contributed by atoms with Gasteiger partial charge in [-0.25, -0.2) is 9.48 Å². The number of benzene rings is 3. The maximum absolute atomic E-state index is 11.2. The lowest BCUT2D eigenvalue weighted by molar-refractivity contribution is 0.0697. The van der Waals surface area contributed by atoms with Crippen LogP contribution in [0.15, 0.2) is 84.1 Å². The Labute approximate surface area is 190 Å². The average Bonchev–Trinajstić information content (AvgIpc) is 3.28. The fourth-order valence-corrected chi connectivity index (χ4v) is 3.30. The zero-order valence-electron chi connectivity index (χ0n) is 18.1. The molecule has 4 rings (SSSR count). The van der Waals surface area contributed by atoms with Crippen LogP contribution in [-0.4, -0.2) is 41.3 Å². The van der Waals surface area contributed by atoms with Crippen LogP contribution in [0.5, 0.6) is 11.5 Å². The Morgan fingerprint density at radius 2 is 1.79 bits per heavy atom. The fourth-order valence-electron chi connectivity index (χ4n) is 3.30. The lowest BCUT2D eigenvalue weighted by Gasteiger charge is -2.09. The van der Waals surface area contributed by atoms with Gasteiger partial charge in [0.1, 0.15) is 5.69 Å². The third-order valence-corrected chi connectivity index (χ3v) is 4.93. The molecule has 0 aliphatic heterocycles. The molecule has 33 heavy (non-hydrogen) atoms. The summed E-state index contributed by atoms with van der Waals surface area (Å²) in [7, 11) is 3.17. The summed E-state index contributed by atoms with van der Waals surface area (Å²) >= 11 is 0. The quantitative estimate of drug-likeness (QED) is 0.303. The van der Waals surface area contributed by atoms with Gasteiger partial charge in [-0.15, -0.1) is 0 Å². The normalized spacial score (nSPS) is 10.8. The first kappa shape index (κ1) is 21.6. The van der Waals surface area contributed by atoms with Crippen molar-refractivity contribution in [2.24, 2.45) is 5.10 Å². The second-order valence-electron chi connectivity index (χ2n) is 7.04. The van der Waals surface area contributed by atoms with E-state index in [1.54, 1.807) is 37.2 Å². The van der Waals surface area contributed by atoms with Gasteiger partial charge in [-0.05, 0) is 48.5 Å². The molecule has 0 unspecified atom stereocenters. The lowest BCUT2D eigenvalue weighted by atomic mass is 10.1. The topological polar surface area (TPSA) is 98.0 Å². The molecule has 8 heteroatoms. The Balaban J connectivity index is 1.70. The second kappa shape index (κ2) is 9.69. The summed E-state index contributed by atoms with van der Waals surface area (Å²) in [6.45, 7) is 0. The molecule has 0 amide bonds. The average molecular weight is 442 g/mol. The number of hydrogen-bond acceptors (Lipinski definition) is 6. The van der Waals surface area contributed by atoms with Gasteiger partial charge < -0.3 is 14.6 Å². The maximum atomic E-state index is 11.2. The molecular weight excluding hydrogens is 420 g/mol. The van der Waals surface area contributed by atoms with Crippen molar-refractivity contribution in [3.8, 4) is 28.4 Å². The molecule has 1 aromatic heterocycles. The van der Waals surface area contributed by atoms with Gasteiger partial charge >= 0.3 is 5.97 Å². The Hall–Kier alpha value is -4.59. The molecule has 3 aromatic carbocycles. The van der Waals surface area contributed by atoms with E-state index < -0.39 is 5.97 Å². The number of ether oxygens (including phenoxy) is 2. The molecule has 8 nitrogen and oxygen atoms in total. The number of aromatic nitrogens is 2. The van der Waals surface area contributed by atoms with Crippen molar-refractivity contribution in [2.75, 3.05) is 19.6 Å². The number of nitrogens with zero attached hydrogens (tertiary/aromatic N) is 3. The standard InChI is InChI=1S/C25H22N4O4/c1-32-22-12-11-17(14-23(22)33-2)24-19(16-29(28-24)21-9-4-3-5-10-21)15-26-27-20-8-6-7-18(13-20)25(30)31/h3-16,27H,1-2H3,(H,30,31)/b26-15-. The summed E-state index contributed by atoms with van der Waals surface area (Å²) in [5.74, 6) is 0.220. The van der Waals surface area contributed by atoms with E-state index in [1.165, 1.54) is 12.1 Å². The van der Waals surface area contributed by atoms with E-state index in [9.17, 15) is 4.79 Å². The summed E-state index contributed by atoms with van der Waals surface area (Å²) in [4.78, 5) is 11.2. The first-order valence-corrected chi connectivity index (χ1v) is 10.1. The van der Waals surface area contributed by atoms with Crippen LogP contribution < -0.4 is 14.9 Å². The molecule has 0 spiro atoms. The molecular formula is C25H22N4O4. The van der Waals surface area contributed by atoms with Crippen LogP contribution in [0.4, 0.5) is 5.69 Å². The first-order valence-electron chi connectivity index (χ1n) is 10.1. The van der Waals surface area contributed by atoms with E-state index in [4.69, 9.17) is 19.7 Å². The highest BCUT2D eigenvalue weighted by molar-refractivity contribution is 5.90. The van der Waals surface area contributed by atoms with Gasteiger partial charge in [0.25, 0.3) is 0 Å². The van der Waals surface area contributed by atoms with Gasteiger partial charge in [0, 0.05) is 17.3 Å². The zero-order chi connectivity index (χ0) is 23.2. The molecule has 0 atom stereocenters. The number of carboxylic acid groups (broad SMARTS) is 1. The number of anilines is 1. The summed E-state index contributed by atoms with van der Waals surface area (Å²) in [5.41, 5.74) is 6.81. The number of aromatic carboxylic acids is 1. The van der Waals surface area contributed by atoms with Crippen molar-refractivity contribution in [1.29, 1.82) is 0 Å². The van der Waals surface area contributed by atoms with Crippen LogP contribution in [-0.2, 0) is 0 Å². The van der Waals surface area contributed by atoms with Crippen LogP contribution in [0.25, 0.3) is 16.9 Å². The number of carboxylic acids is 1. The van der Waals surface area contributed by atoms with Crippen molar-refractivity contribution < 1.29 is 19.4 Å². The van der Waals surface area contributed by atoms with E-state index in [1.807, 2.05) is 54.7 Å². The van der Waals surface area contributed by atoms with Crippen LogP contribution in [0.2, 0.25) is 0 Å². The predicted octanol–water partition coefficient (Wildman–Crippen LogP) is 4.70. The summed E-state index contributed by atoms with van der Waals surface area (Å²) < 4.78 is 12.6. The number of hydrazone groups is 1. The van der Waals surface area contributed by atoms with Crippen molar-refractivity contribution >= 4 is 17.9 Å². The van der Waals surface area contributed by atoms with Crippen molar-refractivity contribution in [2.45, 2.75) is 0 Å². The Morgan fingerprint density at radius 3 is 2.52 bits per heavy atom. The monoisotopic (exact) mass is 442 g/mol. The molecule has 166 valence electrons. The van der Waals surface area contributed by atoms with Crippen molar-refractivity contribution in [3.05, 3.63) is 90.1 Å². The van der Waals surface area contributed by atoms with E-state index >= 15 is 0 Å². The number of methoxy groups -OCH3 is 2. The Kier molecular flexibility index (Phi) is 6.36. The molecule has 1 heterocycles. The number of rotatable bonds is 8.